The molecule has 0 unspecified atom stereocenters. The van der Waals surface area contributed by atoms with Crippen molar-refractivity contribution < 1.29 is 18.0 Å². The van der Waals surface area contributed by atoms with Gasteiger partial charge in [-0.05, 0) is 31.0 Å². The van der Waals surface area contributed by atoms with Crippen LogP contribution in [0.25, 0.3) is 0 Å². The number of carbonyl (C=O) groups is 1. The van der Waals surface area contributed by atoms with Crippen LogP contribution in [0.2, 0.25) is 5.02 Å². The maximum atomic E-state index is 12.8. The maximum Gasteiger partial charge on any atom is 0.418 e. The van der Waals surface area contributed by atoms with Crippen LogP contribution in [0, 0.1) is 5.41 Å². The molecule has 1 aromatic carbocycles. The molecular formula is C12H12ClF3N2O. The maximum absolute atomic E-state index is 12.8. The van der Waals surface area contributed by atoms with E-state index in [0.717, 1.165) is 12.1 Å². The van der Waals surface area contributed by atoms with Gasteiger partial charge in [-0.3, -0.25) is 4.79 Å². The molecule has 0 heterocycles. The summed E-state index contributed by atoms with van der Waals surface area (Å²) in [5, 5.41) is 2.26. The average Bonchev–Trinajstić information content (AvgIpc) is 3.11. The number of rotatable bonds is 3. The smallest absolute Gasteiger partial charge is 0.329 e. The lowest BCUT2D eigenvalue weighted by molar-refractivity contribution is -0.137. The van der Waals surface area contributed by atoms with Crippen molar-refractivity contribution >= 4 is 23.2 Å². The molecule has 2 rings (SSSR count). The van der Waals surface area contributed by atoms with Gasteiger partial charge in [-0.25, -0.2) is 0 Å². The van der Waals surface area contributed by atoms with Gasteiger partial charge in [0, 0.05) is 11.6 Å². The molecule has 1 aliphatic carbocycles. The molecule has 0 saturated heterocycles. The van der Waals surface area contributed by atoms with Crippen LogP contribution in [0.4, 0.5) is 18.9 Å². The molecule has 0 aromatic heterocycles. The summed E-state index contributed by atoms with van der Waals surface area (Å²) in [6, 6.07) is 3.24. The van der Waals surface area contributed by atoms with Crippen LogP contribution in [0.1, 0.15) is 18.4 Å². The fraction of sp³-hybridized carbons (Fsp3) is 0.417. The first-order valence-corrected chi connectivity index (χ1v) is 6.04. The molecule has 0 radical (unpaired) electrons. The van der Waals surface area contributed by atoms with E-state index in [4.69, 9.17) is 17.3 Å². The topological polar surface area (TPSA) is 55.1 Å². The first kappa shape index (κ1) is 14.1. The highest BCUT2D eigenvalue weighted by molar-refractivity contribution is 6.30. The van der Waals surface area contributed by atoms with E-state index in [1.54, 1.807) is 0 Å². The summed E-state index contributed by atoms with van der Waals surface area (Å²) < 4.78 is 38.5. The van der Waals surface area contributed by atoms with E-state index in [1.807, 2.05) is 0 Å². The van der Waals surface area contributed by atoms with Crippen LogP contribution < -0.4 is 11.1 Å². The summed E-state index contributed by atoms with van der Waals surface area (Å²) in [5.41, 5.74) is 3.51. The first-order valence-electron chi connectivity index (χ1n) is 5.67. The molecule has 3 nitrogen and oxygen atoms in total. The molecule has 0 spiro atoms. The first-order chi connectivity index (χ1) is 8.78. The second-order valence-electron chi connectivity index (χ2n) is 4.63. The zero-order chi connectivity index (χ0) is 14.3. The number of nitrogens with one attached hydrogen (secondary N) is 1. The Bertz CT molecular complexity index is 512. The zero-order valence-corrected chi connectivity index (χ0v) is 10.6. The van der Waals surface area contributed by atoms with Crippen molar-refractivity contribution in [3.63, 3.8) is 0 Å². The fourth-order valence-corrected chi connectivity index (χ4v) is 1.96. The Morgan fingerprint density at radius 1 is 1.42 bits per heavy atom. The third-order valence-electron chi connectivity index (χ3n) is 3.26. The molecule has 7 heteroatoms. The van der Waals surface area contributed by atoms with Gasteiger partial charge in [0.15, 0.2) is 0 Å². The molecule has 1 saturated carbocycles. The molecule has 1 aliphatic rings. The number of benzene rings is 1. The van der Waals surface area contributed by atoms with Crippen molar-refractivity contribution in [1.82, 2.24) is 0 Å². The van der Waals surface area contributed by atoms with Crippen molar-refractivity contribution in [2.24, 2.45) is 11.1 Å². The van der Waals surface area contributed by atoms with Crippen molar-refractivity contribution in [2.75, 3.05) is 11.9 Å². The molecule has 0 aliphatic heterocycles. The molecule has 0 bridgehead atoms. The SMILES string of the molecule is NCC1(C(=O)Nc2ccc(Cl)cc2C(F)(F)F)CC1. The minimum absolute atomic E-state index is 0.0368. The van der Waals surface area contributed by atoms with E-state index in [1.165, 1.54) is 6.07 Å². The van der Waals surface area contributed by atoms with Gasteiger partial charge >= 0.3 is 6.18 Å². The number of halogens is 4. The lowest BCUT2D eigenvalue weighted by Gasteiger charge is -2.17. The Morgan fingerprint density at radius 2 is 2.05 bits per heavy atom. The number of nitrogens with two attached hydrogens (primary N) is 1. The van der Waals surface area contributed by atoms with E-state index >= 15 is 0 Å². The van der Waals surface area contributed by atoms with Crippen molar-refractivity contribution in [3.8, 4) is 0 Å². The molecule has 1 amide bonds. The quantitative estimate of drug-likeness (QED) is 0.899. The average molecular weight is 293 g/mol. The molecular weight excluding hydrogens is 281 g/mol. The summed E-state index contributed by atoms with van der Waals surface area (Å²) in [6.07, 6.45) is -3.37. The number of hydrogen-bond donors (Lipinski definition) is 2. The molecule has 104 valence electrons. The molecule has 19 heavy (non-hydrogen) atoms. The van der Waals surface area contributed by atoms with Gasteiger partial charge in [-0.15, -0.1) is 0 Å². The van der Waals surface area contributed by atoms with Crippen LogP contribution in [0.3, 0.4) is 0 Å². The summed E-state index contributed by atoms with van der Waals surface area (Å²) >= 11 is 5.56. The molecule has 0 atom stereocenters. The van der Waals surface area contributed by atoms with Crippen LogP contribution in [0.15, 0.2) is 18.2 Å². The predicted molar refractivity (Wildman–Crippen MR) is 65.8 cm³/mol. The van der Waals surface area contributed by atoms with E-state index in [2.05, 4.69) is 5.32 Å². The van der Waals surface area contributed by atoms with Crippen LogP contribution in [-0.4, -0.2) is 12.5 Å². The largest absolute Gasteiger partial charge is 0.418 e. The molecule has 1 aromatic rings. The Kier molecular flexibility index (Phi) is 3.49. The van der Waals surface area contributed by atoms with Gasteiger partial charge in [0.1, 0.15) is 0 Å². The van der Waals surface area contributed by atoms with Gasteiger partial charge in [0.05, 0.1) is 16.7 Å². The monoisotopic (exact) mass is 292 g/mol. The summed E-state index contributed by atoms with van der Waals surface area (Å²) in [4.78, 5) is 11.9. The number of carbonyl (C=O) groups excluding carboxylic acids is 1. The third kappa shape index (κ3) is 2.84. The molecule has 1 fully saturated rings. The van der Waals surface area contributed by atoms with Crippen LogP contribution in [0.5, 0.6) is 0 Å². The summed E-state index contributed by atoms with van der Waals surface area (Å²) in [6.45, 7) is 0.133. The van der Waals surface area contributed by atoms with Crippen molar-refractivity contribution in [3.05, 3.63) is 28.8 Å². The standard InChI is InChI=1S/C12H12ClF3N2O/c13-7-1-2-9(8(5-7)12(14,15)16)18-10(19)11(6-17)3-4-11/h1-2,5H,3-4,6,17H2,(H,18,19). The minimum Gasteiger partial charge on any atom is -0.329 e. The second-order valence-corrected chi connectivity index (χ2v) is 5.06. The lowest BCUT2D eigenvalue weighted by Crippen LogP contribution is -2.31. The minimum atomic E-state index is -4.58. The van der Waals surface area contributed by atoms with Gasteiger partial charge in [0.25, 0.3) is 0 Å². The Labute approximate surface area is 112 Å². The number of anilines is 1. The number of hydrogen-bond acceptors (Lipinski definition) is 2. The molecule has 3 N–H and O–H groups in total. The van der Waals surface area contributed by atoms with Crippen molar-refractivity contribution in [2.45, 2.75) is 19.0 Å². The van der Waals surface area contributed by atoms with Crippen LogP contribution in [-0.2, 0) is 11.0 Å². The highest BCUT2D eigenvalue weighted by Gasteiger charge is 2.49. The van der Waals surface area contributed by atoms with Crippen molar-refractivity contribution in [1.29, 1.82) is 0 Å². The van der Waals surface area contributed by atoms with Gasteiger partial charge in [-0.1, -0.05) is 11.6 Å². The van der Waals surface area contributed by atoms with E-state index in [0.29, 0.717) is 12.8 Å². The fourth-order valence-electron chi connectivity index (χ4n) is 1.79. The summed E-state index contributed by atoms with van der Waals surface area (Å²) in [7, 11) is 0. The Balaban J connectivity index is 2.28. The van der Waals surface area contributed by atoms with E-state index in [9.17, 15) is 18.0 Å². The normalized spacial score (nSPS) is 17.1. The van der Waals surface area contributed by atoms with Gasteiger partial charge < -0.3 is 11.1 Å². The van der Waals surface area contributed by atoms with E-state index in [-0.39, 0.29) is 17.3 Å². The Morgan fingerprint density at radius 3 is 2.53 bits per heavy atom. The lowest BCUT2D eigenvalue weighted by atomic mass is 10.1. The third-order valence-corrected chi connectivity index (χ3v) is 3.50. The highest BCUT2D eigenvalue weighted by atomic mass is 35.5. The summed E-state index contributed by atoms with van der Waals surface area (Å²) in [5.74, 6) is -0.470. The van der Waals surface area contributed by atoms with E-state index < -0.39 is 23.1 Å². The van der Waals surface area contributed by atoms with Crippen LogP contribution >= 0.6 is 11.6 Å². The van der Waals surface area contributed by atoms with Gasteiger partial charge in [-0.2, -0.15) is 13.2 Å². The number of amides is 1. The highest BCUT2D eigenvalue weighted by Crippen LogP contribution is 2.46. The second kappa shape index (κ2) is 4.68. The predicted octanol–water partition coefficient (Wildman–Crippen LogP) is 3.04. The van der Waals surface area contributed by atoms with Gasteiger partial charge in [0.2, 0.25) is 5.91 Å². The zero-order valence-electron chi connectivity index (χ0n) is 9.85. The number of alkyl halides is 3. The Hall–Kier alpha value is -1.27.